The van der Waals surface area contributed by atoms with Gasteiger partial charge >= 0.3 is 0 Å². The zero-order valence-electron chi connectivity index (χ0n) is 7.19. The molecule has 0 spiro atoms. The molecule has 0 bridgehead atoms. The molecule has 1 unspecified atom stereocenters. The third-order valence-corrected chi connectivity index (χ3v) is 1.70. The van der Waals surface area contributed by atoms with E-state index in [1.807, 2.05) is 25.1 Å². The Bertz CT molecular complexity index is 369. The fraction of sp³-hybridized carbons (Fsp3) is 0.200. The van der Waals surface area contributed by atoms with Crippen LogP contribution in [0.2, 0.25) is 0 Å². The molecular weight excluding hydrogens is 164 g/mol. The van der Waals surface area contributed by atoms with E-state index in [4.69, 9.17) is 5.26 Å². The average Bonchev–Trinajstić information content (AvgIpc) is 2.16. The summed E-state index contributed by atoms with van der Waals surface area (Å²) in [5.74, 6) is 0. The normalized spacial score (nSPS) is 11.1. The molecule has 1 aromatic rings. The summed E-state index contributed by atoms with van der Waals surface area (Å²) in [7, 11) is 0. The molecule has 3 heteroatoms. The first-order valence-electron chi connectivity index (χ1n) is 3.81. The first kappa shape index (κ1) is 9.18. The van der Waals surface area contributed by atoms with Crippen molar-refractivity contribution in [3.8, 4) is 6.07 Å². The molecule has 0 aromatic heterocycles. The van der Waals surface area contributed by atoms with Gasteiger partial charge in [0.15, 0.2) is 6.04 Å². The van der Waals surface area contributed by atoms with Crippen molar-refractivity contribution in [3.63, 3.8) is 0 Å². The summed E-state index contributed by atoms with van der Waals surface area (Å²) in [6.07, 6.45) is 1.38. The Hall–Kier alpha value is -1.91. The van der Waals surface area contributed by atoms with Crippen LogP contribution < -0.4 is 0 Å². The Morgan fingerprint density at radius 1 is 1.38 bits per heavy atom. The fourth-order valence-electron chi connectivity index (χ4n) is 0.979. The molecule has 0 heterocycles. The molecule has 0 saturated heterocycles. The lowest BCUT2D eigenvalue weighted by molar-refractivity contribution is 0.561. The Kier molecular flexibility index (Phi) is 2.97. The second kappa shape index (κ2) is 4.20. The first-order valence-corrected chi connectivity index (χ1v) is 3.81. The van der Waals surface area contributed by atoms with Gasteiger partial charge in [0, 0.05) is 0 Å². The van der Waals surface area contributed by atoms with Crippen molar-refractivity contribution in [2.45, 2.75) is 13.0 Å². The fourth-order valence-corrected chi connectivity index (χ4v) is 0.979. The average molecular weight is 172 g/mol. The van der Waals surface area contributed by atoms with Crippen molar-refractivity contribution in [1.82, 2.24) is 0 Å². The Balaban J connectivity index is 3.00. The van der Waals surface area contributed by atoms with Crippen LogP contribution in [0.3, 0.4) is 0 Å². The molecule has 1 aromatic carbocycles. The molecule has 0 amide bonds. The lowest BCUT2D eigenvalue weighted by Crippen LogP contribution is -1.90. The van der Waals surface area contributed by atoms with Gasteiger partial charge in [-0.05, 0) is 12.5 Å². The van der Waals surface area contributed by atoms with Crippen molar-refractivity contribution in [1.29, 1.82) is 5.26 Å². The molecule has 1 atom stereocenters. The van der Waals surface area contributed by atoms with Crippen LogP contribution in [-0.4, -0.2) is 6.08 Å². The van der Waals surface area contributed by atoms with Crippen LogP contribution in [-0.2, 0) is 4.79 Å². The summed E-state index contributed by atoms with van der Waals surface area (Å²) < 4.78 is 0. The van der Waals surface area contributed by atoms with Crippen molar-refractivity contribution >= 4 is 6.08 Å². The quantitative estimate of drug-likeness (QED) is 0.505. The SMILES string of the molecule is Cc1ccc(C(C#N)N=C=O)cc1. The largest absolute Gasteiger partial charge is 0.236 e. The lowest BCUT2D eigenvalue weighted by Gasteiger charge is -2.01. The number of benzene rings is 1. The minimum atomic E-state index is -0.724. The number of hydrogen-bond donors (Lipinski definition) is 0. The maximum atomic E-state index is 9.97. The number of aliphatic imine (C=N–C) groups is 1. The molecule has 0 aliphatic rings. The predicted octanol–water partition coefficient (Wildman–Crippen LogP) is 1.90. The highest BCUT2D eigenvalue weighted by molar-refractivity contribution is 5.38. The van der Waals surface area contributed by atoms with E-state index in [9.17, 15) is 4.79 Å². The van der Waals surface area contributed by atoms with E-state index in [0.29, 0.717) is 0 Å². The topological polar surface area (TPSA) is 53.2 Å². The molecule has 0 fully saturated rings. The summed E-state index contributed by atoms with van der Waals surface area (Å²) in [6.45, 7) is 1.95. The van der Waals surface area contributed by atoms with Crippen LogP contribution in [0.1, 0.15) is 17.2 Å². The van der Waals surface area contributed by atoms with Gasteiger partial charge in [-0.3, -0.25) is 0 Å². The molecule has 13 heavy (non-hydrogen) atoms. The zero-order chi connectivity index (χ0) is 9.68. The van der Waals surface area contributed by atoms with Gasteiger partial charge < -0.3 is 0 Å². The highest BCUT2D eigenvalue weighted by Gasteiger charge is 2.06. The van der Waals surface area contributed by atoms with Gasteiger partial charge in [0.05, 0.1) is 6.07 Å². The second-order valence-electron chi connectivity index (χ2n) is 2.66. The molecule has 0 aliphatic carbocycles. The van der Waals surface area contributed by atoms with Crippen LogP contribution in [0.5, 0.6) is 0 Å². The Morgan fingerprint density at radius 3 is 2.46 bits per heavy atom. The van der Waals surface area contributed by atoms with Gasteiger partial charge in [0.25, 0.3) is 0 Å². The van der Waals surface area contributed by atoms with Crippen molar-refractivity contribution in [3.05, 3.63) is 35.4 Å². The highest BCUT2D eigenvalue weighted by Crippen LogP contribution is 2.15. The van der Waals surface area contributed by atoms with Gasteiger partial charge in [-0.15, -0.1) is 0 Å². The van der Waals surface area contributed by atoms with E-state index in [-0.39, 0.29) is 0 Å². The van der Waals surface area contributed by atoms with E-state index in [1.54, 1.807) is 12.1 Å². The molecule has 0 N–H and O–H groups in total. The third kappa shape index (κ3) is 2.26. The third-order valence-electron chi connectivity index (χ3n) is 1.70. The molecule has 0 radical (unpaired) electrons. The van der Waals surface area contributed by atoms with Crippen LogP contribution in [0.25, 0.3) is 0 Å². The number of isocyanates is 1. The van der Waals surface area contributed by atoms with Crippen LogP contribution in [0, 0.1) is 18.3 Å². The minimum Gasteiger partial charge on any atom is -0.211 e. The summed E-state index contributed by atoms with van der Waals surface area (Å²) in [5.41, 5.74) is 1.83. The smallest absolute Gasteiger partial charge is 0.211 e. The Labute approximate surface area is 76.3 Å². The maximum absolute atomic E-state index is 9.97. The molecule has 64 valence electrons. The maximum Gasteiger partial charge on any atom is 0.236 e. The van der Waals surface area contributed by atoms with Crippen LogP contribution in [0.4, 0.5) is 0 Å². The van der Waals surface area contributed by atoms with E-state index < -0.39 is 6.04 Å². The second-order valence-corrected chi connectivity index (χ2v) is 2.66. The van der Waals surface area contributed by atoms with Gasteiger partial charge in [0.2, 0.25) is 6.08 Å². The van der Waals surface area contributed by atoms with Gasteiger partial charge in [-0.2, -0.15) is 10.3 Å². The molecule has 0 aliphatic heterocycles. The van der Waals surface area contributed by atoms with E-state index in [2.05, 4.69) is 4.99 Å². The summed E-state index contributed by atoms with van der Waals surface area (Å²) in [4.78, 5) is 13.3. The van der Waals surface area contributed by atoms with Gasteiger partial charge in [0.1, 0.15) is 0 Å². The number of carbonyl (C=O) groups excluding carboxylic acids is 1. The van der Waals surface area contributed by atoms with Crippen LogP contribution in [0.15, 0.2) is 29.3 Å². The van der Waals surface area contributed by atoms with Crippen molar-refractivity contribution in [2.75, 3.05) is 0 Å². The molecule has 1 rings (SSSR count). The number of nitrogens with zero attached hydrogens (tertiary/aromatic N) is 2. The first-order chi connectivity index (χ1) is 6.27. The minimum absolute atomic E-state index is 0.719. The summed E-state index contributed by atoms with van der Waals surface area (Å²) >= 11 is 0. The monoisotopic (exact) mass is 172 g/mol. The van der Waals surface area contributed by atoms with Gasteiger partial charge in [-0.1, -0.05) is 29.8 Å². The molecular formula is C10H8N2O. The standard InChI is InChI=1S/C10H8N2O/c1-8-2-4-9(5-3-8)10(6-11)12-7-13/h2-5,10H,1H3. The number of nitriles is 1. The summed E-state index contributed by atoms with van der Waals surface area (Å²) in [6, 6.07) is 8.50. The van der Waals surface area contributed by atoms with E-state index >= 15 is 0 Å². The number of aryl methyl sites for hydroxylation is 1. The summed E-state index contributed by atoms with van der Waals surface area (Å²) in [5, 5.41) is 8.66. The molecule has 3 nitrogen and oxygen atoms in total. The Morgan fingerprint density at radius 2 is 2.00 bits per heavy atom. The van der Waals surface area contributed by atoms with Crippen molar-refractivity contribution in [2.24, 2.45) is 4.99 Å². The highest BCUT2D eigenvalue weighted by atomic mass is 16.1. The van der Waals surface area contributed by atoms with Crippen LogP contribution >= 0.6 is 0 Å². The lowest BCUT2D eigenvalue weighted by atomic mass is 10.1. The predicted molar refractivity (Wildman–Crippen MR) is 47.7 cm³/mol. The number of hydrogen-bond acceptors (Lipinski definition) is 3. The van der Waals surface area contributed by atoms with Gasteiger partial charge in [-0.25, -0.2) is 4.79 Å². The zero-order valence-corrected chi connectivity index (χ0v) is 7.19. The molecule has 0 saturated carbocycles. The van der Waals surface area contributed by atoms with E-state index in [1.165, 1.54) is 6.08 Å². The van der Waals surface area contributed by atoms with E-state index in [0.717, 1.165) is 11.1 Å². The van der Waals surface area contributed by atoms with Crippen molar-refractivity contribution < 1.29 is 4.79 Å². The number of rotatable bonds is 2.